The van der Waals surface area contributed by atoms with Crippen LogP contribution in [0.2, 0.25) is 0 Å². The van der Waals surface area contributed by atoms with Crippen LogP contribution in [0.25, 0.3) is 0 Å². The molecule has 1 aliphatic carbocycles. The highest BCUT2D eigenvalue weighted by Crippen LogP contribution is 2.42. The number of guanidine groups is 1. The molecule has 204 valence electrons. The second-order valence-corrected chi connectivity index (χ2v) is 11.2. The maximum atomic E-state index is 12.6. The Labute approximate surface area is 219 Å². The average Bonchev–Trinajstić information content (AvgIpc) is 3.62. The predicted molar refractivity (Wildman–Crippen MR) is 134 cm³/mol. The first-order valence-electron chi connectivity index (χ1n) is 11.9. The van der Waals surface area contributed by atoms with Crippen LogP contribution in [-0.2, 0) is 23.0 Å². The van der Waals surface area contributed by atoms with Crippen LogP contribution in [0.1, 0.15) is 24.0 Å². The molecule has 2 atom stereocenters. The molecule has 1 saturated carbocycles. The molecular weight excluding hydrogens is 523 g/mol. The fourth-order valence-corrected chi connectivity index (χ4v) is 5.08. The zero-order valence-corrected chi connectivity index (χ0v) is 21.6. The van der Waals surface area contributed by atoms with Crippen molar-refractivity contribution in [3.05, 3.63) is 59.7 Å². The van der Waals surface area contributed by atoms with E-state index in [1.165, 1.54) is 24.3 Å². The second kappa shape index (κ2) is 10.7. The number of nitriles is 1. The van der Waals surface area contributed by atoms with Gasteiger partial charge >= 0.3 is 15.6 Å². The first-order valence-corrected chi connectivity index (χ1v) is 13.3. The van der Waals surface area contributed by atoms with E-state index < -0.39 is 26.9 Å². The highest BCUT2D eigenvalue weighted by Gasteiger charge is 2.51. The molecular formula is C25H28F3N5O4S. The number of nitrogens with one attached hydrogen (secondary N) is 2. The van der Waals surface area contributed by atoms with Gasteiger partial charge in [-0.1, -0.05) is 30.3 Å². The third-order valence-electron chi connectivity index (χ3n) is 6.64. The van der Waals surface area contributed by atoms with Crippen LogP contribution in [0.4, 0.5) is 13.2 Å². The fourth-order valence-electron chi connectivity index (χ4n) is 4.62. The fraction of sp³-hybridized carbons (Fsp3) is 0.440. The molecule has 38 heavy (non-hydrogen) atoms. The summed E-state index contributed by atoms with van der Waals surface area (Å²) in [6.07, 6.45) is 4.70. The van der Waals surface area contributed by atoms with Gasteiger partial charge in [0.15, 0.2) is 0 Å². The van der Waals surface area contributed by atoms with E-state index in [1.807, 2.05) is 49.5 Å². The third kappa shape index (κ3) is 6.31. The van der Waals surface area contributed by atoms with Crippen molar-refractivity contribution in [1.29, 1.82) is 5.26 Å². The van der Waals surface area contributed by atoms with Gasteiger partial charge < -0.3 is 24.5 Å². The molecule has 0 spiro atoms. The van der Waals surface area contributed by atoms with E-state index in [0.29, 0.717) is 25.4 Å². The number of aliphatic imine (C=N–C) groups is 1. The number of hydrogen-bond acceptors (Lipinski definition) is 7. The van der Waals surface area contributed by atoms with Gasteiger partial charge in [-0.05, 0) is 69.1 Å². The van der Waals surface area contributed by atoms with E-state index in [4.69, 9.17) is 4.74 Å². The highest BCUT2D eigenvalue weighted by atomic mass is 32.2. The second-order valence-electron chi connectivity index (χ2n) is 9.62. The third-order valence-corrected chi connectivity index (χ3v) is 7.62. The number of ether oxygens (including phenoxy) is 1. The number of nitrogens with zero attached hydrogens (tertiary/aromatic N) is 3. The van der Waals surface area contributed by atoms with Gasteiger partial charge in [-0.25, -0.2) is 0 Å². The van der Waals surface area contributed by atoms with Crippen LogP contribution < -0.4 is 19.6 Å². The highest BCUT2D eigenvalue weighted by molar-refractivity contribution is 7.88. The minimum Gasteiger partial charge on any atom is -0.491 e. The van der Waals surface area contributed by atoms with Gasteiger partial charge in [0.1, 0.15) is 18.1 Å². The van der Waals surface area contributed by atoms with Gasteiger partial charge in [-0.15, -0.1) is 4.99 Å². The molecule has 2 aromatic carbocycles. The van der Waals surface area contributed by atoms with E-state index in [0.717, 1.165) is 29.7 Å². The molecule has 0 unspecified atom stereocenters. The van der Waals surface area contributed by atoms with Crippen LogP contribution in [-0.4, -0.2) is 63.1 Å². The molecule has 2 aliphatic rings. The largest absolute Gasteiger partial charge is 0.534 e. The van der Waals surface area contributed by atoms with Crippen molar-refractivity contribution < 1.29 is 30.5 Å². The molecule has 0 amide bonds. The van der Waals surface area contributed by atoms with Crippen molar-refractivity contribution in [2.24, 2.45) is 4.99 Å². The van der Waals surface area contributed by atoms with Gasteiger partial charge in [0.2, 0.25) is 12.2 Å². The molecule has 0 bridgehead atoms. The normalized spacial score (nSPS) is 19.5. The summed E-state index contributed by atoms with van der Waals surface area (Å²) in [6, 6.07) is 13.1. The van der Waals surface area contributed by atoms with Crippen LogP contribution in [0.3, 0.4) is 0 Å². The molecule has 0 saturated heterocycles. The lowest BCUT2D eigenvalue weighted by Crippen LogP contribution is -2.58. The number of alkyl halides is 3. The number of hydrogen-bond donors (Lipinski definition) is 2. The first-order chi connectivity index (χ1) is 17.9. The number of benzene rings is 2. The van der Waals surface area contributed by atoms with Crippen molar-refractivity contribution in [2.45, 2.75) is 48.8 Å². The van der Waals surface area contributed by atoms with Gasteiger partial charge in [0.05, 0.1) is 11.6 Å². The maximum absolute atomic E-state index is 12.6. The van der Waals surface area contributed by atoms with Gasteiger partial charge in [-0.2, -0.15) is 26.9 Å². The van der Waals surface area contributed by atoms with Gasteiger partial charge in [0.25, 0.3) is 0 Å². The van der Waals surface area contributed by atoms with Crippen LogP contribution in [0, 0.1) is 11.5 Å². The molecule has 1 fully saturated rings. The SMILES string of the molecule is CN(C)[C@@H](Cc1ccc(OS(=O)(=O)C(F)(F)F)cc1)C1(NC(=NC#N)N[C@H]2COc3ccccc3C2)CC1. The Morgan fingerprint density at radius 3 is 2.53 bits per heavy atom. The zero-order chi connectivity index (χ0) is 27.6. The monoisotopic (exact) mass is 551 g/mol. The molecule has 13 heteroatoms. The van der Waals surface area contributed by atoms with E-state index in [9.17, 15) is 26.9 Å². The summed E-state index contributed by atoms with van der Waals surface area (Å²) in [7, 11) is -1.90. The van der Waals surface area contributed by atoms with E-state index >= 15 is 0 Å². The Balaban J connectivity index is 1.43. The Kier molecular flexibility index (Phi) is 7.75. The minimum atomic E-state index is -5.73. The number of rotatable bonds is 8. The van der Waals surface area contributed by atoms with E-state index in [-0.39, 0.29) is 12.1 Å². The lowest BCUT2D eigenvalue weighted by molar-refractivity contribution is -0.0500. The summed E-state index contributed by atoms with van der Waals surface area (Å²) < 4.78 is 70.4. The molecule has 1 heterocycles. The van der Waals surface area contributed by atoms with Crippen molar-refractivity contribution in [2.75, 3.05) is 20.7 Å². The maximum Gasteiger partial charge on any atom is 0.534 e. The van der Waals surface area contributed by atoms with Crippen LogP contribution >= 0.6 is 0 Å². The van der Waals surface area contributed by atoms with Crippen LogP contribution in [0.15, 0.2) is 53.5 Å². The molecule has 9 nitrogen and oxygen atoms in total. The molecule has 4 rings (SSSR count). The number of likely N-dealkylation sites (N-methyl/N-ethyl adjacent to an activating group) is 1. The topological polar surface area (TPSA) is 116 Å². The average molecular weight is 552 g/mol. The van der Waals surface area contributed by atoms with Crippen molar-refractivity contribution in [3.63, 3.8) is 0 Å². The van der Waals surface area contributed by atoms with Gasteiger partial charge in [-0.3, -0.25) is 0 Å². The Hall–Kier alpha value is -3.50. The summed E-state index contributed by atoms with van der Waals surface area (Å²) in [4.78, 5) is 6.00. The Morgan fingerprint density at radius 2 is 1.92 bits per heavy atom. The smallest absolute Gasteiger partial charge is 0.491 e. The Bertz CT molecular complexity index is 1320. The molecule has 1 aliphatic heterocycles. The van der Waals surface area contributed by atoms with Gasteiger partial charge in [0, 0.05) is 6.04 Å². The molecule has 2 aromatic rings. The predicted octanol–water partition coefficient (Wildman–Crippen LogP) is 2.94. The Morgan fingerprint density at radius 1 is 1.24 bits per heavy atom. The van der Waals surface area contributed by atoms with Crippen molar-refractivity contribution >= 4 is 16.1 Å². The lowest BCUT2D eigenvalue weighted by atomic mass is 9.96. The summed E-state index contributed by atoms with van der Waals surface area (Å²) in [5.41, 5.74) is -4.06. The molecule has 0 radical (unpaired) electrons. The number of para-hydroxylation sites is 1. The van der Waals surface area contributed by atoms with E-state index in [1.54, 1.807) is 0 Å². The molecule has 0 aromatic heterocycles. The quantitative estimate of drug-likeness (QED) is 0.169. The van der Waals surface area contributed by atoms with Crippen molar-refractivity contribution in [1.82, 2.24) is 15.5 Å². The zero-order valence-electron chi connectivity index (χ0n) is 20.8. The molecule has 2 N–H and O–H groups in total. The van der Waals surface area contributed by atoms with Crippen molar-refractivity contribution in [3.8, 4) is 17.7 Å². The summed E-state index contributed by atoms with van der Waals surface area (Å²) in [5, 5.41) is 16.0. The summed E-state index contributed by atoms with van der Waals surface area (Å²) in [6.45, 7) is 0.422. The summed E-state index contributed by atoms with van der Waals surface area (Å²) >= 11 is 0. The standard InChI is InChI=1S/C25H28F3N5O4S/c1-33(2)22(13-17-7-9-20(10-8-17)37-38(34,35)25(26,27)28)24(11-12-24)32-23(30-16-29)31-19-14-18-5-3-4-6-21(18)36-15-19/h3-10,19,22H,11-15H2,1-2H3,(H2,30,31,32)/t19-,22+/m1/s1. The number of halogens is 3. The lowest BCUT2D eigenvalue weighted by Gasteiger charge is -2.35. The minimum absolute atomic E-state index is 0.0674. The number of fused-ring (bicyclic) bond motifs is 1. The first kappa shape index (κ1) is 27.5. The summed E-state index contributed by atoms with van der Waals surface area (Å²) in [5.74, 6) is 0.776. The van der Waals surface area contributed by atoms with Crippen LogP contribution in [0.5, 0.6) is 11.5 Å². The van der Waals surface area contributed by atoms with E-state index in [2.05, 4.69) is 19.8 Å².